The topological polar surface area (TPSA) is 103 Å². The summed E-state index contributed by atoms with van der Waals surface area (Å²) in [4.78, 5) is 7.98. The lowest BCUT2D eigenvalue weighted by molar-refractivity contribution is 0.410. The van der Waals surface area contributed by atoms with Crippen molar-refractivity contribution < 1.29 is 4.52 Å². The van der Waals surface area contributed by atoms with Gasteiger partial charge in [0, 0.05) is 25.4 Å². The summed E-state index contributed by atoms with van der Waals surface area (Å²) in [6.07, 6.45) is 5.46. The van der Waals surface area contributed by atoms with Crippen molar-refractivity contribution >= 4 is 22.4 Å². The Hall–Kier alpha value is -2.48. The van der Waals surface area contributed by atoms with Gasteiger partial charge in [-0.1, -0.05) is 5.16 Å². The fourth-order valence-electron chi connectivity index (χ4n) is 1.81. The van der Waals surface area contributed by atoms with Crippen LogP contribution in [0.2, 0.25) is 0 Å². The summed E-state index contributed by atoms with van der Waals surface area (Å²) in [6.45, 7) is 0.680. The third-order valence-electron chi connectivity index (χ3n) is 2.73. The maximum absolute atomic E-state index is 5.94. The van der Waals surface area contributed by atoms with Gasteiger partial charge in [0.25, 0.3) is 0 Å². The number of anilines is 2. The highest BCUT2D eigenvalue weighted by Crippen LogP contribution is 2.36. The first-order chi connectivity index (χ1) is 9.84. The molecule has 0 fully saturated rings. The van der Waals surface area contributed by atoms with Gasteiger partial charge in [-0.15, -0.1) is 0 Å². The van der Waals surface area contributed by atoms with Crippen LogP contribution in [0.3, 0.4) is 0 Å². The summed E-state index contributed by atoms with van der Waals surface area (Å²) in [7, 11) is 0. The molecule has 0 amide bonds. The molecule has 3 rings (SSSR count). The minimum absolute atomic E-state index is 0.517. The smallest absolute Gasteiger partial charge is 0.213 e. The summed E-state index contributed by atoms with van der Waals surface area (Å²) in [5.41, 5.74) is 7.84. The fraction of sp³-hybridized carbons (Fsp3) is 0.167. The van der Waals surface area contributed by atoms with Crippen LogP contribution >= 0.6 is 11.5 Å². The Morgan fingerprint density at radius 2 is 2.15 bits per heavy atom. The lowest BCUT2D eigenvalue weighted by Crippen LogP contribution is -2.05. The summed E-state index contributed by atoms with van der Waals surface area (Å²) >= 11 is 1.34. The van der Waals surface area contributed by atoms with E-state index in [-0.39, 0.29) is 0 Å². The van der Waals surface area contributed by atoms with Crippen LogP contribution in [0.15, 0.2) is 35.4 Å². The Kier molecular flexibility index (Phi) is 3.55. The summed E-state index contributed by atoms with van der Waals surface area (Å²) in [5, 5.41) is 7.99. The van der Waals surface area contributed by atoms with Gasteiger partial charge in [-0.25, -0.2) is 0 Å². The third-order valence-corrected chi connectivity index (χ3v) is 3.55. The predicted molar refractivity (Wildman–Crippen MR) is 76.2 cm³/mol. The molecule has 0 aliphatic heterocycles. The normalized spacial score (nSPS) is 10.6. The average molecular weight is 288 g/mol. The molecule has 0 atom stereocenters. The van der Waals surface area contributed by atoms with E-state index >= 15 is 0 Å². The van der Waals surface area contributed by atoms with Crippen molar-refractivity contribution in [2.24, 2.45) is 0 Å². The molecule has 0 bridgehead atoms. The second kappa shape index (κ2) is 5.66. The van der Waals surface area contributed by atoms with Crippen molar-refractivity contribution in [3.05, 3.63) is 36.7 Å². The second-order valence-corrected chi connectivity index (χ2v) is 4.81. The molecule has 0 saturated heterocycles. The van der Waals surface area contributed by atoms with Gasteiger partial charge in [0.1, 0.15) is 10.8 Å². The molecule has 0 aliphatic rings. The zero-order chi connectivity index (χ0) is 13.8. The molecule has 3 heterocycles. The number of hydrogen-bond donors (Lipinski definition) is 2. The van der Waals surface area contributed by atoms with Crippen molar-refractivity contribution in [1.82, 2.24) is 19.5 Å². The minimum Gasteiger partial charge on any atom is -0.382 e. The first-order valence-corrected chi connectivity index (χ1v) is 6.76. The van der Waals surface area contributed by atoms with Crippen molar-refractivity contribution in [3.63, 3.8) is 0 Å². The van der Waals surface area contributed by atoms with E-state index < -0.39 is 0 Å². The Morgan fingerprint density at radius 3 is 2.90 bits per heavy atom. The highest BCUT2D eigenvalue weighted by molar-refractivity contribution is 7.11. The van der Waals surface area contributed by atoms with Gasteiger partial charge in [0.05, 0.1) is 5.56 Å². The number of aromatic nitrogens is 4. The van der Waals surface area contributed by atoms with Crippen molar-refractivity contribution in [2.75, 3.05) is 17.6 Å². The number of rotatable bonds is 5. The molecule has 0 unspecified atom stereocenters. The number of nitrogen functional groups attached to an aromatic ring is 1. The number of nitrogens with two attached hydrogens (primary N) is 1. The maximum Gasteiger partial charge on any atom is 0.213 e. The molecule has 0 aliphatic carbocycles. The van der Waals surface area contributed by atoms with Crippen LogP contribution in [0.1, 0.15) is 5.82 Å². The van der Waals surface area contributed by atoms with Crippen molar-refractivity contribution in [2.45, 2.75) is 6.42 Å². The van der Waals surface area contributed by atoms with E-state index in [4.69, 9.17) is 5.73 Å². The fourth-order valence-corrected chi connectivity index (χ4v) is 2.57. The molecule has 0 radical (unpaired) electrons. The van der Waals surface area contributed by atoms with Crippen LogP contribution in [-0.2, 0) is 6.42 Å². The molecule has 8 heteroatoms. The quantitative estimate of drug-likeness (QED) is 0.738. The first kappa shape index (κ1) is 12.5. The van der Waals surface area contributed by atoms with Crippen LogP contribution in [0.25, 0.3) is 11.1 Å². The largest absolute Gasteiger partial charge is 0.382 e. The highest BCUT2D eigenvalue weighted by atomic mass is 32.1. The van der Waals surface area contributed by atoms with Gasteiger partial charge in [-0.3, -0.25) is 4.98 Å². The number of nitrogens with one attached hydrogen (secondary N) is 1. The SMILES string of the molecule is Nc1nsc(NCCc2ncon2)c1-c1ccncc1. The first-order valence-electron chi connectivity index (χ1n) is 5.99. The Morgan fingerprint density at radius 1 is 1.30 bits per heavy atom. The summed E-state index contributed by atoms with van der Waals surface area (Å²) < 4.78 is 8.88. The number of nitrogens with zero attached hydrogens (tertiary/aromatic N) is 4. The molecule has 20 heavy (non-hydrogen) atoms. The lowest BCUT2D eigenvalue weighted by Gasteiger charge is -2.06. The van der Waals surface area contributed by atoms with Gasteiger partial charge in [0.15, 0.2) is 5.82 Å². The number of hydrogen-bond acceptors (Lipinski definition) is 8. The van der Waals surface area contributed by atoms with Crippen LogP contribution < -0.4 is 11.1 Å². The third kappa shape index (κ3) is 2.59. The maximum atomic E-state index is 5.94. The van der Waals surface area contributed by atoms with Gasteiger partial charge >= 0.3 is 0 Å². The minimum atomic E-state index is 0.517. The molecule has 3 aromatic rings. The lowest BCUT2D eigenvalue weighted by atomic mass is 10.1. The molecule has 7 nitrogen and oxygen atoms in total. The van der Waals surface area contributed by atoms with Crippen LogP contribution in [-0.4, -0.2) is 26.0 Å². The molecule has 0 aromatic carbocycles. The zero-order valence-electron chi connectivity index (χ0n) is 10.5. The van der Waals surface area contributed by atoms with E-state index in [1.807, 2.05) is 12.1 Å². The van der Waals surface area contributed by atoms with Crippen LogP contribution in [0.4, 0.5) is 10.8 Å². The van der Waals surface area contributed by atoms with Gasteiger partial charge < -0.3 is 15.6 Å². The molecule has 0 saturated carbocycles. The van der Waals surface area contributed by atoms with Crippen molar-refractivity contribution in [1.29, 1.82) is 0 Å². The average Bonchev–Trinajstić information content (AvgIpc) is 3.10. The van der Waals surface area contributed by atoms with E-state index in [0.29, 0.717) is 24.6 Å². The highest BCUT2D eigenvalue weighted by Gasteiger charge is 2.13. The van der Waals surface area contributed by atoms with Gasteiger partial charge in [0.2, 0.25) is 6.39 Å². The van der Waals surface area contributed by atoms with E-state index in [2.05, 4.69) is 29.3 Å². The molecule has 102 valence electrons. The zero-order valence-corrected chi connectivity index (χ0v) is 11.3. The molecule has 3 N–H and O–H groups in total. The van der Waals surface area contributed by atoms with E-state index in [0.717, 1.165) is 16.1 Å². The van der Waals surface area contributed by atoms with Crippen molar-refractivity contribution in [3.8, 4) is 11.1 Å². The second-order valence-electron chi connectivity index (χ2n) is 4.03. The standard InChI is InChI=1S/C12H12N6OS/c13-11-10(8-1-4-14-5-2-8)12(20-18-11)15-6-3-9-16-7-19-17-9/h1-2,4-5,7,15H,3,6H2,(H2,13,18). The monoisotopic (exact) mass is 288 g/mol. The molecular weight excluding hydrogens is 276 g/mol. The summed E-state index contributed by atoms with van der Waals surface area (Å²) in [5.74, 6) is 1.18. The van der Waals surface area contributed by atoms with E-state index in [9.17, 15) is 0 Å². The van der Waals surface area contributed by atoms with Crippen LogP contribution in [0, 0.1) is 0 Å². The van der Waals surface area contributed by atoms with E-state index in [1.165, 1.54) is 17.9 Å². The summed E-state index contributed by atoms with van der Waals surface area (Å²) in [6, 6.07) is 3.81. The Bertz CT molecular complexity index is 667. The number of pyridine rings is 1. The van der Waals surface area contributed by atoms with Crippen LogP contribution in [0.5, 0.6) is 0 Å². The Balaban J connectivity index is 1.74. The van der Waals surface area contributed by atoms with E-state index in [1.54, 1.807) is 12.4 Å². The molecular formula is C12H12N6OS. The molecule has 3 aromatic heterocycles. The molecule has 0 spiro atoms. The predicted octanol–water partition coefficient (Wildman–Crippen LogP) is 1.82. The van der Waals surface area contributed by atoms with Gasteiger partial charge in [-0.2, -0.15) is 9.36 Å². The van der Waals surface area contributed by atoms with Gasteiger partial charge in [-0.05, 0) is 29.2 Å². The Labute approximate surface area is 119 Å².